The van der Waals surface area contributed by atoms with Gasteiger partial charge in [0.05, 0.1) is 5.56 Å². The Kier molecular flexibility index (Phi) is 5.70. The van der Waals surface area contributed by atoms with Crippen molar-refractivity contribution in [2.24, 2.45) is 0 Å². The molecule has 3 nitrogen and oxygen atoms in total. The molecule has 0 aliphatic heterocycles. The van der Waals surface area contributed by atoms with E-state index in [1.54, 1.807) is 29.1 Å². The lowest BCUT2D eigenvalue weighted by atomic mass is 10.1. The summed E-state index contributed by atoms with van der Waals surface area (Å²) in [5, 5.41) is 0. The number of ketones is 2. The fraction of sp³-hybridized carbons (Fsp3) is 0.133. The first-order valence-electron chi connectivity index (χ1n) is 5.85. The van der Waals surface area contributed by atoms with E-state index in [0.29, 0.717) is 11.1 Å². The Hall–Kier alpha value is -1.88. The van der Waals surface area contributed by atoms with E-state index in [9.17, 15) is 14.0 Å². The summed E-state index contributed by atoms with van der Waals surface area (Å²) in [5.74, 6) is -0.558. The molecule has 0 spiro atoms. The summed E-state index contributed by atoms with van der Waals surface area (Å²) in [6.07, 6.45) is 3.34. The van der Waals surface area contributed by atoms with Crippen LogP contribution in [0.25, 0.3) is 0 Å². The Labute approximate surface area is 126 Å². The summed E-state index contributed by atoms with van der Waals surface area (Å²) >= 11 is 0. The van der Waals surface area contributed by atoms with Gasteiger partial charge in [0.25, 0.3) is 0 Å². The van der Waals surface area contributed by atoms with Crippen molar-refractivity contribution in [1.82, 2.24) is 0 Å². The maximum absolute atomic E-state index is 12.8. The van der Waals surface area contributed by atoms with Crippen molar-refractivity contribution in [3.05, 3.63) is 65.7 Å². The van der Waals surface area contributed by atoms with Gasteiger partial charge in [-0.05, 0) is 37.3 Å². The molecule has 0 aliphatic carbocycles. The van der Waals surface area contributed by atoms with Crippen LogP contribution in [0, 0.1) is 5.82 Å². The van der Waals surface area contributed by atoms with Crippen molar-refractivity contribution < 1.29 is 18.5 Å². The molecule has 5 heteroatoms. The van der Waals surface area contributed by atoms with E-state index >= 15 is 0 Å². The van der Waals surface area contributed by atoms with Crippen LogP contribution in [-0.4, -0.2) is 11.6 Å². The Balaban J connectivity index is 0.00000200. The first-order chi connectivity index (χ1) is 9.06. The summed E-state index contributed by atoms with van der Waals surface area (Å²) in [6.45, 7) is 1.59. The zero-order valence-electron chi connectivity index (χ0n) is 10.9. The molecule has 0 bridgehead atoms. The van der Waals surface area contributed by atoms with Crippen LogP contribution in [0.5, 0.6) is 0 Å². The number of carbonyl (C=O) groups is 2. The summed E-state index contributed by atoms with van der Waals surface area (Å²) in [5.41, 5.74) is 0.997. The minimum absolute atomic E-state index is 0. The lowest BCUT2D eigenvalue weighted by Crippen LogP contribution is -2.37. The summed E-state index contributed by atoms with van der Waals surface area (Å²) in [6, 6.07) is 8.82. The van der Waals surface area contributed by atoms with E-state index in [0.717, 1.165) is 0 Å². The average molecular weight is 339 g/mol. The smallest absolute Gasteiger partial charge is 0.227 e. The molecule has 20 heavy (non-hydrogen) atoms. The molecule has 104 valence electrons. The molecule has 0 aliphatic rings. The van der Waals surface area contributed by atoms with Gasteiger partial charge < -0.3 is 0 Å². The van der Waals surface area contributed by atoms with E-state index in [2.05, 4.69) is 0 Å². The van der Waals surface area contributed by atoms with Crippen molar-refractivity contribution >= 4 is 28.5 Å². The predicted octanol–water partition coefficient (Wildman–Crippen LogP) is 2.78. The largest absolute Gasteiger partial charge is 0.294 e. The van der Waals surface area contributed by atoms with Crippen LogP contribution in [-0.2, 0) is 6.54 Å². The van der Waals surface area contributed by atoms with Crippen LogP contribution >= 0.6 is 17.0 Å². The number of aromatic nitrogens is 1. The number of pyridine rings is 1. The van der Waals surface area contributed by atoms with Gasteiger partial charge in [0, 0.05) is 11.6 Å². The fourth-order valence-electron chi connectivity index (χ4n) is 1.72. The van der Waals surface area contributed by atoms with Gasteiger partial charge >= 0.3 is 0 Å². The van der Waals surface area contributed by atoms with Crippen molar-refractivity contribution in [3.63, 3.8) is 0 Å². The third-order valence-electron chi connectivity index (χ3n) is 2.76. The van der Waals surface area contributed by atoms with Crippen LogP contribution in [0.15, 0.2) is 48.8 Å². The van der Waals surface area contributed by atoms with Crippen molar-refractivity contribution in [3.8, 4) is 0 Å². The number of rotatable bonds is 4. The minimum atomic E-state index is -0.372. The standard InChI is InChI=1S/C15H13FNO2.BrH/c1-11(18)13-3-2-8-17(9-13)10-15(19)12-4-6-14(16)7-5-12;/h2-9H,10H2,1H3;1H/q+1;. The Bertz CT molecular complexity index is 626. The Morgan fingerprint density at radius 2 is 1.75 bits per heavy atom. The van der Waals surface area contributed by atoms with E-state index < -0.39 is 0 Å². The second kappa shape index (κ2) is 7.05. The van der Waals surface area contributed by atoms with Crippen molar-refractivity contribution in [2.75, 3.05) is 0 Å². The molecule has 0 N–H and O–H groups in total. The van der Waals surface area contributed by atoms with Crippen LogP contribution < -0.4 is 4.57 Å². The highest BCUT2D eigenvalue weighted by Crippen LogP contribution is 2.04. The van der Waals surface area contributed by atoms with Gasteiger partial charge in [0.2, 0.25) is 12.3 Å². The van der Waals surface area contributed by atoms with Crippen LogP contribution in [0.3, 0.4) is 0 Å². The molecule has 0 amide bonds. The van der Waals surface area contributed by atoms with Gasteiger partial charge in [-0.25, -0.2) is 4.39 Å². The molecule has 1 heterocycles. The van der Waals surface area contributed by atoms with Crippen LogP contribution in [0.1, 0.15) is 27.6 Å². The third kappa shape index (κ3) is 4.06. The molecule has 0 radical (unpaired) electrons. The van der Waals surface area contributed by atoms with E-state index in [-0.39, 0.29) is 40.9 Å². The van der Waals surface area contributed by atoms with Crippen molar-refractivity contribution in [1.29, 1.82) is 0 Å². The lowest BCUT2D eigenvalue weighted by Gasteiger charge is -1.99. The number of nitrogens with zero attached hydrogens (tertiary/aromatic N) is 1. The molecular weight excluding hydrogens is 325 g/mol. The molecule has 0 fully saturated rings. The zero-order chi connectivity index (χ0) is 13.8. The average Bonchev–Trinajstić information content (AvgIpc) is 2.39. The molecule has 2 rings (SSSR count). The Morgan fingerprint density at radius 3 is 2.35 bits per heavy atom. The van der Waals surface area contributed by atoms with E-state index in [1.165, 1.54) is 31.2 Å². The monoisotopic (exact) mass is 338 g/mol. The number of carbonyl (C=O) groups excluding carboxylic acids is 2. The number of benzene rings is 1. The molecular formula is C15H14BrFNO2+. The van der Waals surface area contributed by atoms with Crippen LogP contribution in [0.4, 0.5) is 4.39 Å². The number of hydrogen-bond acceptors (Lipinski definition) is 2. The molecule has 1 aromatic heterocycles. The van der Waals surface area contributed by atoms with Gasteiger partial charge in [0.1, 0.15) is 5.82 Å². The minimum Gasteiger partial charge on any atom is -0.294 e. The second-order valence-electron chi connectivity index (χ2n) is 4.25. The molecule has 0 saturated carbocycles. The number of halogens is 2. The first-order valence-corrected chi connectivity index (χ1v) is 5.85. The first kappa shape index (κ1) is 16.2. The topological polar surface area (TPSA) is 38.0 Å². The highest BCUT2D eigenvalue weighted by molar-refractivity contribution is 8.93. The van der Waals surface area contributed by atoms with Gasteiger partial charge in [-0.2, -0.15) is 4.57 Å². The van der Waals surface area contributed by atoms with Gasteiger partial charge in [0.15, 0.2) is 18.2 Å². The number of hydrogen-bond donors (Lipinski definition) is 0. The van der Waals surface area contributed by atoms with E-state index in [4.69, 9.17) is 0 Å². The third-order valence-corrected chi connectivity index (χ3v) is 2.76. The predicted molar refractivity (Wildman–Crippen MR) is 77.7 cm³/mol. The molecule has 0 unspecified atom stereocenters. The second-order valence-corrected chi connectivity index (χ2v) is 4.25. The summed E-state index contributed by atoms with van der Waals surface area (Å²) < 4.78 is 14.4. The van der Waals surface area contributed by atoms with Crippen molar-refractivity contribution in [2.45, 2.75) is 13.5 Å². The van der Waals surface area contributed by atoms with E-state index in [1.807, 2.05) is 0 Å². The summed E-state index contributed by atoms with van der Waals surface area (Å²) in [4.78, 5) is 23.2. The quantitative estimate of drug-likeness (QED) is 0.635. The summed E-state index contributed by atoms with van der Waals surface area (Å²) in [7, 11) is 0. The molecule has 0 atom stereocenters. The number of Topliss-reactive ketones (excluding diaryl/α,β-unsaturated/α-hetero) is 2. The maximum atomic E-state index is 12.8. The maximum Gasteiger partial charge on any atom is 0.227 e. The fourth-order valence-corrected chi connectivity index (χ4v) is 1.72. The SMILES string of the molecule is Br.CC(=O)c1ccc[n+](CC(=O)c2ccc(F)cc2)c1. The highest BCUT2D eigenvalue weighted by atomic mass is 79.9. The van der Waals surface area contributed by atoms with Crippen LogP contribution in [0.2, 0.25) is 0 Å². The van der Waals surface area contributed by atoms with Gasteiger partial charge in [-0.1, -0.05) is 0 Å². The zero-order valence-corrected chi connectivity index (χ0v) is 12.6. The lowest BCUT2D eigenvalue weighted by molar-refractivity contribution is -0.683. The van der Waals surface area contributed by atoms with Gasteiger partial charge in [-0.15, -0.1) is 17.0 Å². The molecule has 1 aromatic carbocycles. The normalized spacial score (nSPS) is 9.70. The Morgan fingerprint density at radius 1 is 1.10 bits per heavy atom. The molecule has 2 aromatic rings. The van der Waals surface area contributed by atoms with Gasteiger partial charge in [-0.3, -0.25) is 9.59 Å². The highest BCUT2D eigenvalue weighted by Gasteiger charge is 2.13. The molecule has 0 saturated heterocycles.